The van der Waals surface area contributed by atoms with Crippen LogP contribution in [0.3, 0.4) is 0 Å². The number of nitrogens with zero attached hydrogens (tertiary/aromatic N) is 2. The lowest BCUT2D eigenvalue weighted by Crippen LogP contribution is -2.18. The molecule has 0 unspecified atom stereocenters. The summed E-state index contributed by atoms with van der Waals surface area (Å²) in [6.07, 6.45) is -2.08. The number of alkyl halides is 3. The van der Waals surface area contributed by atoms with Crippen molar-refractivity contribution in [3.63, 3.8) is 0 Å². The molecule has 0 saturated carbocycles. The fourth-order valence-corrected chi connectivity index (χ4v) is 1.50. The van der Waals surface area contributed by atoms with E-state index < -0.39 is 12.8 Å². The standard InChI is InChI=1S/C10H16F3N3O/c1-8-15-6-9(5-14)16(8)3-2-4-17-7-10(11,12)13/h6H,2-5,7,14H2,1H3. The van der Waals surface area contributed by atoms with Crippen LogP contribution in [0.25, 0.3) is 0 Å². The lowest BCUT2D eigenvalue weighted by molar-refractivity contribution is -0.174. The van der Waals surface area contributed by atoms with Gasteiger partial charge in [-0.15, -0.1) is 0 Å². The lowest BCUT2D eigenvalue weighted by atomic mass is 10.4. The Bertz CT molecular complexity index is 349. The van der Waals surface area contributed by atoms with E-state index in [0.29, 0.717) is 19.5 Å². The van der Waals surface area contributed by atoms with Crippen LogP contribution in [0.5, 0.6) is 0 Å². The van der Waals surface area contributed by atoms with Crippen molar-refractivity contribution in [3.8, 4) is 0 Å². The molecule has 7 heteroatoms. The Hall–Kier alpha value is -1.08. The molecule has 0 aliphatic rings. The monoisotopic (exact) mass is 251 g/mol. The highest BCUT2D eigenvalue weighted by molar-refractivity contribution is 5.03. The van der Waals surface area contributed by atoms with E-state index >= 15 is 0 Å². The first kappa shape index (κ1) is 14.0. The highest BCUT2D eigenvalue weighted by Crippen LogP contribution is 2.14. The second-order valence-corrected chi connectivity index (χ2v) is 3.67. The molecule has 0 spiro atoms. The fraction of sp³-hybridized carbons (Fsp3) is 0.700. The average Bonchev–Trinajstić information content (AvgIpc) is 2.58. The van der Waals surface area contributed by atoms with Crippen molar-refractivity contribution in [2.45, 2.75) is 32.6 Å². The summed E-state index contributed by atoms with van der Waals surface area (Å²) < 4.78 is 41.8. The molecule has 0 saturated heterocycles. The van der Waals surface area contributed by atoms with Crippen LogP contribution in [0, 0.1) is 6.92 Å². The van der Waals surface area contributed by atoms with Gasteiger partial charge in [0, 0.05) is 25.9 Å². The Kier molecular flexibility index (Phi) is 4.95. The van der Waals surface area contributed by atoms with Gasteiger partial charge in [0.05, 0.1) is 5.69 Å². The molecule has 1 rings (SSSR count). The maximum absolute atomic E-state index is 11.8. The zero-order valence-corrected chi connectivity index (χ0v) is 9.63. The summed E-state index contributed by atoms with van der Waals surface area (Å²) in [5.41, 5.74) is 6.38. The van der Waals surface area contributed by atoms with Crippen molar-refractivity contribution in [1.82, 2.24) is 9.55 Å². The predicted octanol–water partition coefficient (Wildman–Crippen LogP) is 1.62. The zero-order chi connectivity index (χ0) is 12.9. The summed E-state index contributed by atoms with van der Waals surface area (Å²) >= 11 is 0. The van der Waals surface area contributed by atoms with E-state index in [1.54, 1.807) is 6.20 Å². The maximum Gasteiger partial charge on any atom is 0.411 e. The minimum Gasteiger partial charge on any atom is -0.372 e. The first-order valence-electron chi connectivity index (χ1n) is 5.29. The van der Waals surface area contributed by atoms with Gasteiger partial charge >= 0.3 is 6.18 Å². The molecule has 2 N–H and O–H groups in total. The van der Waals surface area contributed by atoms with Crippen molar-refractivity contribution in [2.24, 2.45) is 5.73 Å². The smallest absolute Gasteiger partial charge is 0.372 e. The number of hydrogen-bond donors (Lipinski definition) is 1. The van der Waals surface area contributed by atoms with Crippen LogP contribution >= 0.6 is 0 Å². The molecule has 4 nitrogen and oxygen atoms in total. The van der Waals surface area contributed by atoms with Crippen molar-refractivity contribution in [2.75, 3.05) is 13.2 Å². The van der Waals surface area contributed by atoms with Crippen LogP contribution in [0.4, 0.5) is 13.2 Å². The quantitative estimate of drug-likeness (QED) is 0.782. The van der Waals surface area contributed by atoms with E-state index in [1.165, 1.54) is 0 Å². The normalized spacial score (nSPS) is 12.1. The second kappa shape index (κ2) is 6.02. The maximum atomic E-state index is 11.8. The number of ether oxygens (including phenoxy) is 1. The van der Waals surface area contributed by atoms with Gasteiger partial charge in [0.2, 0.25) is 0 Å². The minimum absolute atomic E-state index is 0.0706. The third-order valence-corrected chi connectivity index (χ3v) is 2.28. The van der Waals surface area contributed by atoms with Gasteiger partial charge in [0.25, 0.3) is 0 Å². The molecule has 0 aromatic carbocycles. The molecule has 1 aromatic heterocycles. The van der Waals surface area contributed by atoms with Crippen LogP contribution in [0.1, 0.15) is 17.9 Å². The summed E-state index contributed by atoms with van der Waals surface area (Å²) in [5.74, 6) is 0.807. The van der Waals surface area contributed by atoms with Crippen molar-refractivity contribution in [3.05, 3.63) is 17.7 Å². The second-order valence-electron chi connectivity index (χ2n) is 3.67. The molecule has 0 radical (unpaired) electrons. The molecule has 0 aliphatic carbocycles. The number of aryl methyl sites for hydroxylation is 1. The molecule has 1 heterocycles. The van der Waals surface area contributed by atoms with E-state index in [9.17, 15) is 13.2 Å². The number of nitrogens with two attached hydrogens (primary N) is 1. The molecular weight excluding hydrogens is 235 g/mol. The Balaban J connectivity index is 2.29. The predicted molar refractivity (Wildman–Crippen MR) is 56.3 cm³/mol. The lowest BCUT2D eigenvalue weighted by Gasteiger charge is -2.10. The van der Waals surface area contributed by atoms with Crippen LogP contribution < -0.4 is 5.73 Å². The number of rotatable bonds is 6. The van der Waals surface area contributed by atoms with Crippen molar-refractivity contribution >= 4 is 0 Å². The van der Waals surface area contributed by atoms with Crippen LogP contribution in [-0.4, -0.2) is 28.9 Å². The van der Waals surface area contributed by atoms with E-state index in [-0.39, 0.29) is 6.61 Å². The molecule has 1 aromatic rings. The first-order valence-corrected chi connectivity index (χ1v) is 5.29. The SMILES string of the molecule is Cc1ncc(CN)n1CCCOCC(F)(F)F. The van der Waals surface area contributed by atoms with Crippen LogP contribution in [0.15, 0.2) is 6.20 Å². The average molecular weight is 251 g/mol. The van der Waals surface area contributed by atoms with Crippen LogP contribution in [-0.2, 0) is 17.8 Å². The van der Waals surface area contributed by atoms with Gasteiger partial charge in [-0.25, -0.2) is 4.98 Å². The summed E-state index contributed by atoms with van der Waals surface area (Å²) in [6, 6.07) is 0. The molecule has 0 amide bonds. The Morgan fingerprint density at radius 2 is 2.18 bits per heavy atom. The summed E-state index contributed by atoms with van der Waals surface area (Å²) in [6.45, 7) is 1.64. The Morgan fingerprint density at radius 1 is 1.47 bits per heavy atom. The van der Waals surface area contributed by atoms with E-state index in [0.717, 1.165) is 11.5 Å². The van der Waals surface area contributed by atoms with Gasteiger partial charge in [-0.2, -0.15) is 13.2 Å². The third-order valence-electron chi connectivity index (χ3n) is 2.28. The highest BCUT2D eigenvalue weighted by atomic mass is 19.4. The summed E-state index contributed by atoms with van der Waals surface area (Å²) in [4.78, 5) is 4.09. The van der Waals surface area contributed by atoms with E-state index in [1.807, 2.05) is 11.5 Å². The number of halogens is 3. The number of hydrogen-bond acceptors (Lipinski definition) is 3. The van der Waals surface area contributed by atoms with Gasteiger partial charge in [-0.1, -0.05) is 0 Å². The minimum atomic E-state index is -4.26. The Morgan fingerprint density at radius 3 is 2.76 bits per heavy atom. The third kappa shape index (κ3) is 4.74. The molecule has 98 valence electrons. The van der Waals surface area contributed by atoms with E-state index in [4.69, 9.17) is 5.73 Å². The van der Waals surface area contributed by atoms with Crippen LogP contribution in [0.2, 0.25) is 0 Å². The number of imidazole rings is 1. The van der Waals surface area contributed by atoms with Gasteiger partial charge in [0.1, 0.15) is 12.4 Å². The summed E-state index contributed by atoms with van der Waals surface area (Å²) in [7, 11) is 0. The summed E-state index contributed by atoms with van der Waals surface area (Å²) in [5, 5.41) is 0. The fourth-order valence-electron chi connectivity index (χ4n) is 1.50. The largest absolute Gasteiger partial charge is 0.411 e. The Labute approximate surface area is 97.6 Å². The first-order chi connectivity index (χ1) is 7.94. The van der Waals surface area contributed by atoms with Crippen molar-refractivity contribution in [1.29, 1.82) is 0 Å². The molecular formula is C10H16F3N3O. The van der Waals surface area contributed by atoms with Gasteiger partial charge < -0.3 is 15.0 Å². The topological polar surface area (TPSA) is 53.1 Å². The number of aromatic nitrogens is 2. The van der Waals surface area contributed by atoms with Gasteiger partial charge in [-0.3, -0.25) is 0 Å². The molecule has 0 bridgehead atoms. The molecule has 0 aliphatic heterocycles. The van der Waals surface area contributed by atoms with Gasteiger partial charge in [-0.05, 0) is 13.3 Å². The van der Waals surface area contributed by atoms with Crippen molar-refractivity contribution < 1.29 is 17.9 Å². The zero-order valence-electron chi connectivity index (χ0n) is 9.63. The van der Waals surface area contributed by atoms with Gasteiger partial charge in [0.15, 0.2) is 0 Å². The molecule has 0 atom stereocenters. The molecule has 0 fully saturated rings. The van der Waals surface area contributed by atoms with E-state index in [2.05, 4.69) is 9.72 Å². The molecule has 17 heavy (non-hydrogen) atoms. The highest BCUT2D eigenvalue weighted by Gasteiger charge is 2.27.